The molecule has 0 amide bonds. The molecule has 0 spiro atoms. The van der Waals surface area contributed by atoms with Crippen LogP contribution in [0, 0.1) is 11.2 Å². The van der Waals surface area contributed by atoms with E-state index in [1.807, 2.05) is 4.57 Å². The summed E-state index contributed by atoms with van der Waals surface area (Å²) in [4.78, 5) is 4.33. The molecule has 102 valence electrons. The summed E-state index contributed by atoms with van der Waals surface area (Å²) in [7, 11) is 0. The Hall–Kier alpha value is -1.10. The Morgan fingerprint density at radius 3 is 2.79 bits per heavy atom. The Balaban J connectivity index is 2.07. The summed E-state index contributed by atoms with van der Waals surface area (Å²) in [6.07, 6.45) is 4.93. The molecule has 0 bridgehead atoms. The number of hydrogen-bond acceptors (Lipinski definition) is 2. The van der Waals surface area contributed by atoms with E-state index in [0.29, 0.717) is 10.4 Å². The number of nitrogens with two attached hydrogens (primary N) is 1. The van der Waals surface area contributed by atoms with Gasteiger partial charge in [0.15, 0.2) is 0 Å². The normalized spacial score (nSPS) is 18.3. The minimum absolute atomic E-state index is 0.255. The molecule has 3 rings (SSSR count). The fourth-order valence-electron chi connectivity index (χ4n) is 3.07. The molecule has 1 saturated carbocycles. The van der Waals surface area contributed by atoms with E-state index in [1.165, 1.54) is 31.7 Å². The number of hydrogen-bond donors (Lipinski definition) is 1. The number of nitrogens with zero attached hydrogens (tertiary/aromatic N) is 2. The van der Waals surface area contributed by atoms with Gasteiger partial charge in [0.25, 0.3) is 0 Å². The molecule has 0 saturated heterocycles. The van der Waals surface area contributed by atoms with E-state index in [-0.39, 0.29) is 11.2 Å². The molecule has 1 fully saturated rings. The number of halogens is 2. The maximum absolute atomic E-state index is 13.7. The van der Waals surface area contributed by atoms with E-state index in [0.717, 1.165) is 17.6 Å². The monoisotopic (exact) mass is 325 g/mol. The summed E-state index contributed by atoms with van der Waals surface area (Å²) in [6.45, 7) is 3.09. The van der Waals surface area contributed by atoms with E-state index in [2.05, 4.69) is 27.8 Å². The number of fused-ring (bicyclic) bond motifs is 1. The minimum atomic E-state index is -0.273. The Bertz CT molecular complexity index is 629. The maximum atomic E-state index is 13.7. The highest BCUT2D eigenvalue weighted by Gasteiger charge is 2.30. The van der Waals surface area contributed by atoms with Crippen LogP contribution in [-0.2, 0) is 6.54 Å². The van der Waals surface area contributed by atoms with Crippen molar-refractivity contribution in [2.45, 2.75) is 39.2 Å². The van der Waals surface area contributed by atoms with Crippen LogP contribution in [0.1, 0.15) is 32.6 Å². The summed E-state index contributed by atoms with van der Waals surface area (Å²) >= 11 is 3.18. The van der Waals surface area contributed by atoms with Crippen molar-refractivity contribution in [1.82, 2.24) is 9.55 Å². The molecular formula is C14H17BrFN3. The van der Waals surface area contributed by atoms with Gasteiger partial charge in [-0.25, -0.2) is 9.37 Å². The Kier molecular flexibility index (Phi) is 3.04. The summed E-state index contributed by atoms with van der Waals surface area (Å²) in [6, 6.07) is 3.20. The summed E-state index contributed by atoms with van der Waals surface area (Å²) in [5, 5.41) is 0. The Labute approximate surface area is 120 Å². The van der Waals surface area contributed by atoms with Crippen LogP contribution < -0.4 is 5.73 Å². The first-order valence-corrected chi connectivity index (χ1v) is 7.39. The van der Waals surface area contributed by atoms with Gasteiger partial charge in [-0.05, 0) is 40.3 Å². The summed E-state index contributed by atoms with van der Waals surface area (Å²) in [5.41, 5.74) is 7.79. The number of benzene rings is 1. The highest BCUT2D eigenvalue weighted by molar-refractivity contribution is 9.10. The van der Waals surface area contributed by atoms with Crippen LogP contribution in [0.2, 0.25) is 0 Å². The molecule has 2 N–H and O–H groups in total. The lowest BCUT2D eigenvalue weighted by Crippen LogP contribution is -2.20. The lowest BCUT2D eigenvalue weighted by Gasteiger charge is -2.24. The molecule has 1 aromatic heterocycles. The first-order valence-electron chi connectivity index (χ1n) is 6.59. The molecule has 1 aliphatic carbocycles. The van der Waals surface area contributed by atoms with Crippen LogP contribution >= 0.6 is 15.9 Å². The van der Waals surface area contributed by atoms with Crippen molar-refractivity contribution in [1.29, 1.82) is 0 Å². The van der Waals surface area contributed by atoms with Gasteiger partial charge in [0.2, 0.25) is 5.95 Å². The first kappa shape index (κ1) is 12.9. The predicted octanol–water partition coefficient (Wildman–Crippen LogP) is 4.10. The zero-order valence-electron chi connectivity index (χ0n) is 10.9. The molecule has 0 atom stereocenters. The molecule has 19 heavy (non-hydrogen) atoms. The van der Waals surface area contributed by atoms with E-state index in [9.17, 15) is 4.39 Å². The molecule has 1 heterocycles. The van der Waals surface area contributed by atoms with Gasteiger partial charge < -0.3 is 10.3 Å². The first-order chi connectivity index (χ1) is 8.98. The zero-order valence-corrected chi connectivity index (χ0v) is 12.5. The third-order valence-corrected chi connectivity index (χ3v) is 4.78. The quantitative estimate of drug-likeness (QED) is 0.903. The topological polar surface area (TPSA) is 43.8 Å². The second kappa shape index (κ2) is 4.47. The van der Waals surface area contributed by atoms with Crippen molar-refractivity contribution >= 4 is 32.9 Å². The van der Waals surface area contributed by atoms with E-state index in [4.69, 9.17) is 5.73 Å². The second-order valence-electron chi connectivity index (χ2n) is 5.83. The van der Waals surface area contributed by atoms with Gasteiger partial charge in [-0.3, -0.25) is 0 Å². The molecule has 0 unspecified atom stereocenters. The number of anilines is 1. The standard InChI is InChI=1S/C14H17BrFN3/c1-14(4-2-3-5-14)8-19-12-7-10(16)9(15)6-11(12)18-13(19)17/h6-7H,2-5,8H2,1H3,(H2,17,18). The average Bonchev–Trinajstić information content (AvgIpc) is 2.88. The van der Waals surface area contributed by atoms with E-state index < -0.39 is 0 Å². The predicted molar refractivity (Wildman–Crippen MR) is 78.4 cm³/mol. The van der Waals surface area contributed by atoms with Crippen molar-refractivity contribution < 1.29 is 4.39 Å². The fraction of sp³-hybridized carbons (Fsp3) is 0.500. The lowest BCUT2D eigenvalue weighted by molar-refractivity contribution is 0.287. The number of rotatable bonds is 2. The second-order valence-corrected chi connectivity index (χ2v) is 6.68. The van der Waals surface area contributed by atoms with Gasteiger partial charge in [0.05, 0.1) is 15.5 Å². The Morgan fingerprint density at radius 1 is 1.42 bits per heavy atom. The van der Waals surface area contributed by atoms with Crippen LogP contribution in [-0.4, -0.2) is 9.55 Å². The summed E-state index contributed by atoms with van der Waals surface area (Å²) in [5.74, 6) is 0.200. The number of nitrogen functional groups attached to an aromatic ring is 1. The van der Waals surface area contributed by atoms with E-state index >= 15 is 0 Å². The smallest absolute Gasteiger partial charge is 0.201 e. The highest BCUT2D eigenvalue weighted by Crippen LogP contribution is 2.40. The molecular weight excluding hydrogens is 309 g/mol. The minimum Gasteiger partial charge on any atom is -0.369 e. The van der Waals surface area contributed by atoms with Crippen molar-refractivity contribution in [2.24, 2.45) is 5.41 Å². The van der Waals surface area contributed by atoms with Crippen LogP contribution in [0.15, 0.2) is 16.6 Å². The highest BCUT2D eigenvalue weighted by atomic mass is 79.9. The fourth-order valence-corrected chi connectivity index (χ4v) is 3.40. The van der Waals surface area contributed by atoms with Crippen LogP contribution in [0.3, 0.4) is 0 Å². The van der Waals surface area contributed by atoms with Crippen LogP contribution in [0.5, 0.6) is 0 Å². The SMILES string of the molecule is CC1(Cn2c(N)nc3cc(Br)c(F)cc32)CCCC1. The van der Waals surface area contributed by atoms with Gasteiger partial charge in [-0.1, -0.05) is 19.8 Å². The van der Waals surface area contributed by atoms with Crippen molar-refractivity contribution in [2.75, 3.05) is 5.73 Å². The van der Waals surface area contributed by atoms with Gasteiger partial charge >= 0.3 is 0 Å². The van der Waals surface area contributed by atoms with Gasteiger partial charge in [-0.15, -0.1) is 0 Å². The molecule has 2 aromatic rings. The number of imidazole rings is 1. The molecule has 5 heteroatoms. The zero-order chi connectivity index (χ0) is 13.6. The largest absolute Gasteiger partial charge is 0.369 e. The molecule has 1 aromatic carbocycles. The number of aromatic nitrogens is 2. The molecule has 0 radical (unpaired) electrons. The molecule has 0 aliphatic heterocycles. The summed E-state index contributed by atoms with van der Waals surface area (Å²) < 4.78 is 16.1. The van der Waals surface area contributed by atoms with E-state index in [1.54, 1.807) is 6.07 Å². The van der Waals surface area contributed by atoms with Crippen LogP contribution in [0.25, 0.3) is 11.0 Å². The third-order valence-electron chi connectivity index (χ3n) is 4.17. The Morgan fingerprint density at radius 2 is 2.11 bits per heavy atom. The van der Waals surface area contributed by atoms with Gasteiger partial charge in [-0.2, -0.15) is 0 Å². The third kappa shape index (κ3) is 2.24. The van der Waals surface area contributed by atoms with Crippen molar-refractivity contribution in [3.8, 4) is 0 Å². The van der Waals surface area contributed by atoms with Crippen molar-refractivity contribution in [3.63, 3.8) is 0 Å². The average molecular weight is 326 g/mol. The van der Waals surface area contributed by atoms with Crippen LogP contribution in [0.4, 0.5) is 10.3 Å². The lowest BCUT2D eigenvalue weighted by atomic mass is 9.89. The molecule has 1 aliphatic rings. The van der Waals surface area contributed by atoms with Gasteiger partial charge in [0.1, 0.15) is 5.82 Å². The maximum Gasteiger partial charge on any atom is 0.201 e. The van der Waals surface area contributed by atoms with Gasteiger partial charge in [0, 0.05) is 12.6 Å². The molecule has 3 nitrogen and oxygen atoms in total. The van der Waals surface area contributed by atoms with Crippen molar-refractivity contribution in [3.05, 3.63) is 22.4 Å².